The van der Waals surface area contributed by atoms with Gasteiger partial charge in [0.05, 0.1) is 19.3 Å². The predicted molar refractivity (Wildman–Crippen MR) is 114 cm³/mol. The lowest BCUT2D eigenvalue weighted by atomic mass is 10.2. The first-order chi connectivity index (χ1) is 14.5. The molecule has 4 aromatic rings. The van der Waals surface area contributed by atoms with Gasteiger partial charge in [0.25, 0.3) is 11.5 Å². The van der Waals surface area contributed by atoms with E-state index < -0.39 is 0 Å². The molecule has 1 N–H and O–H groups in total. The summed E-state index contributed by atoms with van der Waals surface area (Å²) in [7, 11) is 0. The summed E-state index contributed by atoms with van der Waals surface area (Å²) in [6, 6.07) is 13.4. The van der Waals surface area contributed by atoms with Gasteiger partial charge in [-0.25, -0.2) is 14.1 Å². The van der Waals surface area contributed by atoms with Crippen LogP contribution in [0.4, 0.5) is 4.39 Å². The maximum absolute atomic E-state index is 13.9. The zero-order valence-corrected chi connectivity index (χ0v) is 17.3. The van der Waals surface area contributed by atoms with Gasteiger partial charge < -0.3 is 5.32 Å². The molecule has 0 spiro atoms. The molecule has 0 radical (unpaired) electrons. The van der Waals surface area contributed by atoms with Crippen LogP contribution in [0.3, 0.4) is 0 Å². The minimum absolute atomic E-state index is 0.0856. The van der Waals surface area contributed by atoms with E-state index in [1.807, 2.05) is 6.07 Å². The zero-order valence-electron chi connectivity index (χ0n) is 15.8. The zero-order chi connectivity index (χ0) is 21.1. The second-order valence-corrected chi connectivity index (χ2v) is 7.56. The summed E-state index contributed by atoms with van der Waals surface area (Å²) in [5.74, 6) is -0.575. The molecule has 30 heavy (non-hydrogen) atoms. The molecule has 0 fully saturated rings. The van der Waals surface area contributed by atoms with Crippen LogP contribution in [-0.2, 0) is 13.1 Å². The molecule has 7 nitrogen and oxygen atoms in total. The summed E-state index contributed by atoms with van der Waals surface area (Å²) in [6.45, 7) is 0.761. The molecule has 4 rings (SSSR count). The Morgan fingerprint density at radius 2 is 2.00 bits per heavy atom. The van der Waals surface area contributed by atoms with E-state index in [1.54, 1.807) is 41.1 Å². The smallest absolute Gasteiger partial charge is 0.264 e. The first-order valence-corrected chi connectivity index (χ1v) is 10.0. The van der Waals surface area contributed by atoms with E-state index in [4.69, 9.17) is 0 Å². The van der Waals surface area contributed by atoms with E-state index in [0.717, 1.165) is 4.47 Å². The molecule has 0 unspecified atom stereocenters. The molecule has 2 aromatic carbocycles. The standard InChI is InChI=1S/C21H17BrFN5O2/c22-16-6-3-5-14(10-16)20(29)24-8-9-28-19-17(11-26-28)21(30)27(13-25-19)12-15-4-1-2-7-18(15)23/h1-7,10-11,13H,8-9,12H2,(H,24,29). The van der Waals surface area contributed by atoms with Crippen LogP contribution in [-0.4, -0.2) is 31.8 Å². The summed E-state index contributed by atoms with van der Waals surface area (Å²) < 4.78 is 17.6. The maximum Gasteiger partial charge on any atom is 0.264 e. The second kappa shape index (κ2) is 8.58. The average Bonchev–Trinajstić information content (AvgIpc) is 3.15. The van der Waals surface area contributed by atoms with Gasteiger partial charge in [-0.1, -0.05) is 40.2 Å². The summed E-state index contributed by atoms with van der Waals surface area (Å²) in [6.07, 6.45) is 2.83. The molecular weight excluding hydrogens is 453 g/mol. The molecule has 0 aliphatic carbocycles. The number of amides is 1. The number of rotatable bonds is 6. The number of halogens is 2. The predicted octanol–water partition coefficient (Wildman–Crippen LogP) is 2.97. The van der Waals surface area contributed by atoms with Crippen LogP contribution in [0.15, 0.2) is 70.3 Å². The van der Waals surface area contributed by atoms with Crippen molar-refractivity contribution >= 4 is 32.9 Å². The van der Waals surface area contributed by atoms with Gasteiger partial charge in [-0.15, -0.1) is 0 Å². The summed E-state index contributed by atoms with van der Waals surface area (Å²) in [5.41, 5.74) is 1.07. The van der Waals surface area contributed by atoms with Gasteiger partial charge in [-0.05, 0) is 24.3 Å². The number of nitrogens with one attached hydrogen (secondary N) is 1. The van der Waals surface area contributed by atoms with Crippen molar-refractivity contribution in [2.75, 3.05) is 6.54 Å². The van der Waals surface area contributed by atoms with E-state index in [2.05, 4.69) is 31.3 Å². The Balaban J connectivity index is 1.47. The van der Waals surface area contributed by atoms with Gasteiger partial charge in [0, 0.05) is 22.1 Å². The van der Waals surface area contributed by atoms with Crippen molar-refractivity contribution in [1.82, 2.24) is 24.6 Å². The van der Waals surface area contributed by atoms with E-state index >= 15 is 0 Å². The average molecular weight is 470 g/mol. The monoisotopic (exact) mass is 469 g/mol. The minimum atomic E-state index is -0.374. The van der Waals surface area contributed by atoms with Crippen LogP contribution >= 0.6 is 15.9 Å². The van der Waals surface area contributed by atoms with Crippen LogP contribution in [0.25, 0.3) is 11.0 Å². The number of fused-ring (bicyclic) bond motifs is 1. The summed E-state index contributed by atoms with van der Waals surface area (Å²) in [5, 5.41) is 7.37. The van der Waals surface area contributed by atoms with Crippen molar-refractivity contribution in [2.45, 2.75) is 13.1 Å². The Morgan fingerprint density at radius 1 is 1.17 bits per heavy atom. The normalized spacial score (nSPS) is 11.0. The van der Waals surface area contributed by atoms with Gasteiger partial charge >= 0.3 is 0 Å². The number of hydrogen-bond acceptors (Lipinski definition) is 4. The van der Waals surface area contributed by atoms with Crippen molar-refractivity contribution in [1.29, 1.82) is 0 Å². The van der Waals surface area contributed by atoms with E-state index in [9.17, 15) is 14.0 Å². The van der Waals surface area contributed by atoms with E-state index in [0.29, 0.717) is 35.2 Å². The van der Waals surface area contributed by atoms with Crippen LogP contribution in [0, 0.1) is 5.82 Å². The van der Waals surface area contributed by atoms with Crippen molar-refractivity contribution in [3.8, 4) is 0 Å². The quantitative estimate of drug-likeness (QED) is 0.470. The largest absolute Gasteiger partial charge is 0.350 e. The van der Waals surface area contributed by atoms with Gasteiger partial charge in [0.2, 0.25) is 0 Å². The van der Waals surface area contributed by atoms with Crippen LogP contribution in [0.1, 0.15) is 15.9 Å². The van der Waals surface area contributed by atoms with Gasteiger partial charge in [-0.2, -0.15) is 5.10 Å². The van der Waals surface area contributed by atoms with E-state index in [1.165, 1.54) is 23.2 Å². The third kappa shape index (κ3) is 4.16. The van der Waals surface area contributed by atoms with Gasteiger partial charge in [0.15, 0.2) is 5.65 Å². The first kappa shape index (κ1) is 20.0. The Bertz CT molecular complexity index is 1280. The third-order valence-electron chi connectivity index (χ3n) is 4.62. The molecule has 0 bridgehead atoms. The van der Waals surface area contributed by atoms with Crippen LogP contribution in [0.2, 0.25) is 0 Å². The molecule has 0 aliphatic heterocycles. The molecule has 2 aromatic heterocycles. The van der Waals surface area contributed by atoms with Crippen LogP contribution < -0.4 is 10.9 Å². The van der Waals surface area contributed by atoms with Gasteiger partial charge in [0.1, 0.15) is 17.5 Å². The lowest BCUT2D eigenvalue weighted by Gasteiger charge is -2.08. The molecule has 2 heterocycles. The Hall–Kier alpha value is -3.33. The fourth-order valence-electron chi connectivity index (χ4n) is 3.09. The third-order valence-corrected chi connectivity index (χ3v) is 5.11. The number of benzene rings is 2. The highest BCUT2D eigenvalue weighted by Crippen LogP contribution is 2.12. The Morgan fingerprint density at radius 3 is 2.80 bits per heavy atom. The Kier molecular flexibility index (Phi) is 5.71. The van der Waals surface area contributed by atoms with E-state index in [-0.39, 0.29) is 23.8 Å². The molecular formula is C21H17BrFN5O2. The fourth-order valence-corrected chi connectivity index (χ4v) is 3.49. The molecule has 0 saturated heterocycles. The molecule has 0 saturated carbocycles. The number of aromatic nitrogens is 4. The number of nitrogens with zero attached hydrogens (tertiary/aromatic N) is 4. The maximum atomic E-state index is 13.9. The highest BCUT2D eigenvalue weighted by atomic mass is 79.9. The highest BCUT2D eigenvalue weighted by molar-refractivity contribution is 9.10. The molecule has 9 heteroatoms. The van der Waals surface area contributed by atoms with Crippen LogP contribution in [0.5, 0.6) is 0 Å². The lowest BCUT2D eigenvalue weighted by Crippen LogP contribution is -2.27. The summed E-state index contributed by atoms with van der Waals surface area (Å²) >= 11 is 3.34. The number of carbonyl (C=O) groups is 1. The minimum Gasteiger partial charge on any atom is -0.350 e. The SMILES string of the molecule is O=C(NCCn1ncc2c(=O)n(Cc3ccccc3F)cnc21)c1cccc(Br)c1. The molecule has 0 aliphatic rings. The highest BCUT2D eigenvalue weighted by Gasteiger charge is 2.12. The van der Waals surface area contributed by atoms with Crippen molar-refractivity contribution in [3.05, 3.63) is 92.8 Å². The van der Waals surface area contributed by atoms with Crippen molar-refractivity contribution < 1.29 is 9.18 Å². The first-order valence-electron chi connectivity index (χ1n) is 9.21. The summed E-state index contributed by atoms with van der Waals surface area (Å²) in [4.78, 5) is 29.3. The lowest BCUT2D eigenvalue weighted by molar-refractivity contribution is 0.0952. The fraction of sp³-hybridized carbons (Fsp3) is 0.143. The van der Waals surface area contributed by atoms with Crippen molar-refractivity contribution in [2.24, 2.45) is 0 Å². The number of carbonyl (C=O) groups excluding carboxylic acids is 1. The van der Waals surface area contributed by atoms with Crippen molar-refractivity contribution in [3.63, 3.8) is 0 Å². The Labute approximate surface area is 179 Å². The molecule has 0 atom stereocenters. The number of hydrogen-bond donors (Lipinski definition) is 1. The molecule has 152 valence electrons. The second-order valence-electron chi connectivity index (χ2n) is 6.64. The van der Waals surface area contributed by atoms with Gasteiger partial charge in [-0.3, -0.25) is 14.2 Å². The molecule has 1 amide bonds. The topological polar surface area (TPSA) is 81.8 Å².